The van der Waals surface area contributed by atoms with Crippen LogP contribution in [0.15, 0.2) is 59.4 Å². The van der Waals surface area contributed by atoms with E-state index in [1.807, 2.05) is 0 Å². The SMILES string of the molecule is COC(=O)c1nc2c(cc1C(=O)c1ccccc1O)n(C)c(=O)n2-c1ccc(Cl)cc1. The van der Waals surface area contributed by atoms with Crippen LogP contribution in [0.4, 0.5) is 0 Å². The van der Waals surface area contributed by atoms with Crippen LogP contribution in [-0.4, -0.2) is 38.1 Å². The average Bonchev–Trinajstić information content (AvgIpc) is 3.02. The van der Waals surface area contributed by atoms with E-state index in [0.29, 0.717) is 16.2 Å². The zero-order valence-electron chi connectivity index (χ0n) is 16.5. The second-order valence-electron chi connectivity index (χ2n) is 6.72. The smallest absolute Gasteiger partial charge is 0.357 e. The second kappa shape index (κ2) is 7.73. The van der Waals surface area contributed by atoms with E-state index in [1.54, 1.807) is 36.4 Å². The molecule has 0 saturated heterocycles. The maximum Gasteiger partial charge on any atom is 0.357 e. The first-order valence-corrected chi connectivity index (χ1v) is 9.50. The van der Waals surface area contributed by atoms with Crippen LogP contribution in [0.2, 0.25) is 5.02 Å². The standard InChI is InChI=1S/C22H16ClN3O5/c1-25-16-11-15(19(28)14-5-3-4-6-17(14)27)18(21(29)31-2)24-20(16)26(22(25)30)13-9-7-12(23)8-10-13/h3-11,27H,1-2H3. The van der Waals surface area contributed by atoms with E-state index in [2.05, 4.69) is 4.98 Å². The highest BCUT2D eigenvalue weighted by Gasteiger charge is 2.26. The average molecular weight is 438 g/mol. The number of rotatable bonds is 4. The number of imidazole rings is 1. The fourth-order valence-corrected chi connectivity index (χ4v) is 3.43. The molecule has 0 aliphatic heterocycles. The minimum atomic E-state index is -0.848. The lowest BCUT2D eigenvalue weighted by atomic mass is 10.0. The molecule has 0 aliphatic carbocycles. The second-order valence-corrected chi connectivity index (χ2v) is 7.15. The van der Waals surface area contributed by atoms with Gasteiger partial charge in [0.1, 0.15) is 5.75 Å². The summed E-state index contributed by atoms with van der Waals surface area (Å²) < 4.78 is 7.44. The normalized spacial score (nSPS) is 10.9. The van der Waals surface area contributed by atoms with Crippen LogP contribution >= 0.6 is 11.6 Å². The molecule has 0 saturated carbocycles. The number of ether oxygens (including phenoxy) is 1. The Hall–Kier alpha value is -3.91. The minimum absolute atomic E-state index is 0.00376. The Labute approximate surface area is 180 Å². The summed E-state index contributed by atoms with van der Waals surface area (Å²) in [5.74, 6) is -1.71. The first-order chi connectivity index (χ1) is 14.8. The monoisotopic (exact) mass is 437 g/mol. The van der Waals surface area contributed by atoms with E-state index in [4.69, 9.17) is 16.3 Å². The number of phenolic OH excluding ortho intramolecular Hbond substituents is 1. The Morgan fingerprint density at radius 2 is 1.74 bits per heavy atom. The minimum Gasteiger partial charge on any atom is -0.507 e. The Morgan fingerprint density at radius 1 is 1.06 bits per heavy atom. The van der Waals surface area contributed by atoms with Crippen LogP contribution in [-0.2, 0) is 11.8 Å². The number of pyridine rings is 1. The summed E-state index contributed by atoms with van der Waals surface area (Å²) in [5.41, 5.74) is 0.198. The van der Waals surface area contributed by atoms with Gasteiger partial charge in [-0.2, -0.15) is 0 Å². The van der Waals surface area contributed by atoms with E-state index >= 15 is 0 Å². The van der Waals surface area contributed by atoms with Crippen molar-refractivity contribution in [2.75, 3.05) is 7.11 Å². The molecule has 0 amide bonds. The van der Waals surface area contributed by atoms with Gasteiger partial charge in [0.25, 0.3) is 0 Å². The summed E-state index contributed by atoms with van der Waals surface area (Å²) >= 11 is 5.95. The lowest BCUT2D eigenvalue weighted by Gasteiger charge is -2.09. The van der Waals surface area contributed by atoms with Gasteiger partial charge in [-0.15, -0.1) is 0 Å². The topological polar surface area (TPSA) is 103 Å². The maximum absolute atomic E-state index is 13.1. The molecule has 1 N–H and O–H groups in total. The molecule has 2 aromatic heterocycles. The number of phenols is 1. The highest BCUT2D eigenvalue weighted by atomic mass is 35.5. The Kier molecular flexibility index (Phi) is 5.08. The van der Waals surface area contributed by atoms with Gasteiger partial charge in [0.15, 0.2) is 17.1 Å². The molecule has 0 fully saturated rings. The predicted octanol–water partition coefficient (Wildman–Crippen LogP) is 3.10. The van der Waals surface area contributed by atoms with Crippen LogP contribution in [0, 0.1) is 0 Å². The molecule has 0 radical (unpaired) electrons. The van der Waals surface area contributed by atoms with Crippen LogP contribution in [0.3, 0.4) is 0 Å². The van der Waals surface area contributed by atoms with Crippen molar-refractivity contribution in [3.63, 3.8) is 0 Å². The van der Waals surface area contributed by atoms with Crippen molar-refractivity contribution in [3.05, 3.63) is 86.9 Å². The molecule has 4 aromatic rings. The Bertz CT molecular complexity index is 1400. The van der Waals surface area contributed by atoms with Gasteiger partial charge < -0.3 is 9.84 Å². The molecule has 0 spiro atoms. The number of para-hydroxylation sites is 1. The molecule has 0 aliphatic rings. The summed E-state index contributed by atoms with van der Waals surface area (Å²) in [6.45, 7) is 0. The molecule has 0 bridgehead atoms. The third kappa shape index (κ3) is 3.36. The number of carbonyl (C=O) groups excluding carboxylic acids is 2. The third-order valence-corrected chi connectivity index (χ3v) is 5.14. The number of esters is 1. The van der Waals surface area contributed by atoms with Gasteiger partial charge in [-0.3, -0.25) is 9.36 Å². The lowest BCUT2D eigenvalue weighted by molar-refractivity contribution is 0.0591. The van der Waals surface area contributed by atoms with Gasteiger partial charge in [-0.05, 0) is 42.5 Å². The van der Waals surface area contributed by atoms with Crippen LogP contribution in [0.1, 0.15) is 26.4 Å². The van der Waals surface area contributed by atoms with Crippen LogP contribution < -0.4 is 5.69 Å². The van der Waals surface area contributed by atoms with Crippen LogP contribution in [0.5, 0.6) is 5.75 Å². The van der Waals surface area contributed by atoms with Gasteiger partial charge in [0.05, 0.1) is 29.4 Å². The number of carbonyl (C=O) groups is 2. The van der Waals surface area contributed by atoms with Crippen molar-refractivity contribution in [2.45, 2.75) is 0 Å². The van der Waals surface area contributed by atoms with E-state index in [1.165, 1.54) is 41.5 Å². The number of halogens is 1. The van der Waals surface area contributed by atoms with Gasteiger partial charge in [0, 0.05) is 12.1 Å². The lowest BCUT2D eigenvalue weighted by Crippen LogP contribution is -2.21. The number of aryl methyl sites for hydroxylation is 1. The quantitative estimate of drug-likeness (QED) is 0.388. The van der Waals surface area contributed by atoms with Gasteiger partial charge in [0.2, 0.25) is 0 Å². The number of ketones is 1. The third-order valence-electron chi connectivity index (χ3n) is 4.89. The van der Waals surface area contributed by atoms with Crippen molar-refractivity contribution in [1.82, 2.24) is 14.1 Å². The number of fused-ring (bicyclic) bond motifs is 1. The van der Waals surface area contributed by atoms with Crippen molar-refractivity contribution in [2.24, 2.45) is 7.05 Å². The van der Waals surface area contributed by atoms with Crippen molar-refractivity contribution in [1.29, 1.82) is 0 Å². The Balaban J connectivity index is 2.03. The summed E-state index contributed by atoms with van der Waals surface area (Å²) in [5, 5.41) is 10.6. The van der Waals surface area contributed by atoms with E-state index in [0.717, 1.165) is 0 Å². The molecule has 8 nitrogen and oxygen atoms in total. The number of nitrogens with zero attached hydrogens (tertiary/aromatic N) is 3. The van der Waals surface area contributed by atoms with Crippen molar-refractivity contribution < 1.29 is 19.4 Å². The molecular formula is C22H16ClN3O5. The summed E-state index contributed by atoms with van der Waals surface area (Å²) in [4.78, 5) is 42.9. The first kappa shape index (κ1) is 20.4. The largest absolute Gasteiger partial charge is 0.507 e. The highest BCUT2D eigenvalue weighted by molar-refractivity contribution is 6.30. The highest BCUT2D eigenvalue weighted by Crippen LogP contribution is 2.25. The number of benzene rings is 2. The molecule has 0 unspecified atom stereocenters. The summed E-state index contributed by atoms with van der Waals surface area (Å²) in [6, 6.07) is 13.9. The van der Waals surface area contributed by atoms with E-state index in [-0.39, 0.29) is 28.2 Å². The van der Waals surface area contributed by atoms with Crippen molar-refractivity contribution >= 4 is 34.5 Å². The summed E-state index contributed by atoms with van der Waals surface area (Å²) in [6.07, 6.45) is 0. The van der Waals surface area contributed by atoms with E-state index < -0.39 is 17.4 Å². The molecule has 0 atom stereocenters. The zero-order valence-corrected chi connectivity index (χ0v) is 17.3. The molecule has 156 valence electrons. The predicted molar refractivity (Wildman–Crippen MR) is 114 cm³/mol. The number of aromatic nitrogens is 3. The zero-order chi connectivity index (χ0) is 22.3. The first-order valence-electron chi connectivity index (χ1n) is 9.13. The van der Waals surface area contributed by atoms with E-state index in [9.17, 15) is 19.5 Å². The fourth-order valence-electron chi connectivity index (χ4n) is 3.31. The van der Waals surface area contributed by atoms with Crippen molar-refractivity contribution in [3.8, 4) is 11.4 Å². The van der Waals surface area contributed by atoms with Gasteiger partial charge >= 0.3 is 11.7 Å². The summed E-state index contributed by atoms with van der Waals surface area (Å²) in [7, 11) is 2.70. The number of methoxy groups -OCH3 is 1. The molecule has 2 aromatic carbocycles. The molecule has 2 heterocycles. The number of hydrogen-bond donors (Lipinski definition) is 1. The van der Waals surface area contributed by atoms with Crippen LogP contribution in [0.25, 0.3) is 16.9 Å². The number of hydrogen-bond acceptors (Lipinski definition) is 6. The molecular weight excluding hydrogens is 422 g/mol. The number of aromatic hydroxyl groups is 1. The van der Waals surface area contributed by atoms with Gasteiger partial charge in [-0.25, -0.2) is 19.1 Å². The molecule has 9 heteroatoms. The molecule has 31 heavy (non-hydrogen) atoms. The maximum atomic E-state index is 13.1. The fraction of sp³-hybridized carbons (Fsp3) is 0.0909. The Morgan fingerprint density at radius 3 is 2.39 bits per heavy atom. The van der Waals surface area contributed by atoms with Gasteiger partial charge in [-0.1, -0.05) is 23.7 Å². The molecule has 4 rings (SSSR count).